The van der Waals surface area contributed by atoms with Crippen LogP contribution in [0.4, 0.5) is 0 Å². The standard InChI is InChI=1S/C13H7ClN3O2/c14-9-1-6-12-13(7-9)16-17(15-12)10-2-4-11(5-3-10)19-8-18/h1-7H. The van der Waals surface area contributed by atoms with Gasteiger partial charge in [0, 0.05) is 5.02 Å². The summed E-state index contributed by atoms with van der Waals surface area (Å²) in [6, 6.07) is 12.1. The SMILES string of the molecule is O=[C]Oc1ccc(-n2nc3ccc(Cl)cc3n2)cc1. The largest absolute Gasteiger partial charge is 0.423 e. The third kappa shape index (κ3) is 2.28. The predicted molar refractivity (Wildman–Crippen MR) is 70.2 cm³/mol. The first-order chi connectivity index (χ1) is 9.26. The van der Waals surface area contributed by atoms with Gasteiger partial charge in [0.25, 0.3) is 0 Å². The minimum absolute atomic E-state index is 0.415. The normalized spacial score (nSPS) is 10.6. The fourth-order valence-electron chi connectivity index (χ4n) is 1.70. The zero-order valence-corrected chi connectivity index (χ0v) is 10.3. The van der Waals surface area contributed by atoms with Crippen LogP contribution in [0.2, 0.25) is 5.02 Å². The number of nitrogens with zero attached hydrogens (tertiary/aromatic N) is 3. The minimum Gasteiger partial charge on any atom is -0.418 e. The van der Waals surface area contributed by atoms with Crippen molar-refractivity contribution < 1.29 is 9.53 Å². The predicted octanol–water partition coefficient (Wildman–Crippen LogP) is 2.52. The van der Waals surface area contributed by atoms with Crippen molar-refractivity contribution in [2.45, 2.75) is 0 Å². The Labute approximate surface area is 113 Å². The monoisotopic (exact) mass is 272 g/mol. The molecule has 0 fully saturated rings. The summed E-state index contributed by atoms with van der Waals surface area (Å²) < 4.78 is 4.60. The number of halogens is 1. The first kappa shape index (κ1) is 11.7. The molecule has 5 nitrogen and oxygen atoms in total. The van der Waals surface area contributed by atoms with Crippen LogP contribution in [0.3, 0.4) is 0 Å². The van der Waals surface area contributed by atoms with Crippen LogP contribution >= 0.6 is 11.6 Å². The number of hydrogen-bond acceptors (Lipinski definition) is 4. The molecular weight excluding hydrogens is 266 g/mol. The van der Waals surface area contributed by atoms with Gasteiger partial charge in [-0.2, -0.15) is 4.80 Å². The average molecular weight is 273 g/mol. The molecule has 0 saturated heterocycles. The summed E-state index contributed by atoms with van der Waals surface area (Å²) >= 11 is 5.90. The molecule has 0 aliphatic carbocycles. The van der Waals surface area contributed by atoms with Crippen molar-refractivity contribution in [3.8, 4) is 11.4 Å². The van der Waals surface area contributed by atoms with Crippen LogP contribution in [0.1, 0.15) is 0 Å². The van der Waals surface area contributed by atoms with Gasteiger partial charge in [-0.25, -0.2) is 4.79 Å². The molecule has 0 aliphatic rings. The first-order valence-corrected chi connectivity index (χ1v) is 5.81. The van der Waals surface area contributed by atoms with Gasteiger partial charge in [-0.05, 0) is 42.5 Å². The van der Waals surface area contributed by atoms with Crippen molar-refractivity contribution in [3.05, 3.63) is 47.5 Å². The number of carbonyl (C=O) groups excluding carboxylic acids is 1. The highest BCUT2D eigenvalue weighted by molar-refractivity contribution is 6.31. The molecule has 0 N–H and O–H groups in total. The third-order valence-electron chi connectivity index (χ3n) is 2.57. The summed E-state index contributed by atoms with van der Waals surface area (Å²) in [6.07, 6.45) is 0. The molecular formula is C13H7ClN3O2. The Morgan fingerprint density at radius 3 is 2.53 bits per heavy atom. The molecule has 0 saturated carbocycles. The Kier molecular flexibility index (Phi) is 2.89. The van der Waals surface area contributed by atoms with Crippen LogP contribution in [0.25, 0.3) is 16.7 Å². The van der Waals surface area contributed by atoms with E-state index in [1.165, 1.54) is 11.3 Å². The lowest BCUT2D eigenvalue weighted by atomic mass is 10.3. The maximum absolute atomic E-state index is 10.1. The molecule has 1 aromatic heterocycles. The summed E-state index contributed by atoms with van der Waals surface area (Å²) in [5, 5.41) is 9.27. The summed E-state index contributed by atoms with van der Waals surface area (Å²) in [5.41, 5.74) is 2.23. The van der Waals surface area contributed by atoms with Crippen molar-refractivity contribution in [2.75, 3.05) is 0 Å². The van der Waals surface area contributed by atoms with Gasteiger partial charge in [0.05, 0.1) is 5.69 Å². The van der Waals surface area contributed by atoms with Crippen LogP contribution in [-0.2, 0) is 4.79 Å². The molecule has 3 rings (SSSR count). The van der Waals surface area contributed by atoms with Crippen molar-refractivity contribution in [3.63, 3.8) is 0 Å². The molecule has 0 amide bonds. The second kappa shape index (κ2) is 4.70. The summed E-state index contributed by atoms with van der Waals surface area (Å²) in [5.74, 6) is 0.415. The topological polar surface area (TPSA) is 57.0 Å². The molecule has 0 spiro atoms. The molecule has 1 heterocycles. The van der Waals surface area contributed by atoms with Gasteiger partial charge in [0.15, 0.2) is 0 Å². The van der Waals surface area contributed by atoms with Gasteiger partial charge >= 0.3 is 6.47 Å². The van der Waals surface area contributed by atoms with Crippen LogP contribution in [0, 0.1) is 0 Å². The van der Waals surface area contributed by atoms with Crippen LogP contribution < -0.4 is 4.74 Å². The van der Waals surface area contributed by atoms with Crippen molar-refractivity contribution in [2.24, 2.45) is 0 Å². The van der Waals surface area contributed by atoms with E-state index in [1.807, 2.05) is 0 Å². The van der Waals surface area contributed by atoms with E-state index in [0.717, 1.165) is 11.2 Å². The molecule has 2 aromatic carbocycles. The van der Waals surface area contributed by atoms with Gasteiger partial charge in [-0.3, -0.25) is 0 Å². The highest BCUT2D eigenvalue weighted by Crippen LogP contribution is 2.18. The zero-order valence-electron chi connectivity index (χ0n) is 9.58. The second-order valence-corrected chi connectivity index (χ2v) is 4.24. The van der Waals surface area contributed by atoms with Gasteiger partial charge in [-0.15, -0.1) is 10.2 Å². The molecule has 1 radical (unpaired) electrons. The molecule has 3 aromatic rings. The number of benzene rings is 2. The maximum atomic E-state index is 10.1. The summed E-state index contributed by atoms with van der Waals surface area (Å²) in [7, 11) is 0. The van der Waals surface area contributed by atoms with E-state index in [0.29, 0.717) is 16.3 Å². The maximum Gasteiger partial charge on any atom is 0.423 e. The number of ether oxygens (including phenoxy) is 1. The van der Waals surface area contributed by atoms with Crippen molar-refractivity contribution in [1.82, 2.24) is 15.0 Å². The lowest BCUT2D eigenvalue weighted by molar-refractivity contribution is 0.442. The van der Waals surface area contributed by atoms with Gasteiger partial charge < -0.3 is 4.74 Å². The number of aromatic nitrogens is 3. The smallest absolute Gasteiger partial charge is 0.418 e. The highest BCUT2D eigenvalue weighted by Gasteiger charge is 2.05. The lowest BCUT2D eigenvalue weighted by Crippen LogP contribution is -1.98. The lowest BCUT2D eigenvalue weighted by Gasteiger charge is -2.00. The van der Waals surface area contributed by atoms with Crippen molar-refractivity contribution >= 4 is 29.1 Å². The quantitative estimate of drug-likeness (QED) is 0.735. The molecule has 0 aliphatic heterocycles. The Hall–Kier alpha value is -2.40. The number of hydrogen-bond donors (Lipinski definition) is 0. The second-order valence-electron chi connectivity index (χ2n) is 3.80. The van der Waals surface area contributed by atoms with E-state index in [4.69, 9.17) is 11.6 Å². The zero-order chi connectivity index (χ0) is 13.2. The van der Waals surface area contributed by atoms with E-state index in [1.54, 1.807) is 42.5 Å². The van der Waals surface area contributed by atoms with Gasteiger partial charge in [0.2, 0.25) is 0 Å². The fourth-order valence-corrected chi connectivity index (χ4v) is 1.87. The molecule has 93 valence electrons. The van der Waals surface area contributed by atoms with Crippen molar-refractivity contribution in [1.29, 1.82) is 0 Å². The van der Waals surface area contributed by atoms with Crippen LogP contribution in [0.5, 0.6) is 5.75 Å². The number of rotatable bonds is 3. The first-order valence-electron chi connectivity index (χ1n) is 5.43. The molecule has 0 atom stereocenters. The summed E-state index contributed by atoms with van der Waals surface area (Å²) in [6.45, 7) is 1.37. The van der Waals surface area contributed by atoms with Gasteiger partial charge in [-0.1, -0.05) is 11.6 Å². The minimum atomic E-state index is 0.415. The number of fused-ring (bicyclic) bond motifs is 1. The molecule has 19 heavy (non-hydrogen) atoms. The van der Waals surface area contributed by atoms with E-state index < -0.39 is 0 Å². The third-order valence-corrected chi connectivity index (χ3v) is 2.80. The molecule has 0 unspecified atom stereocenters. The molecule has 6 heteroatoms. The van der Waals surface area contributed by atoms with Crippen LogP contribution in [-0.4, -0.2) is 21.5 Å². The highest BCUT2D eigenvalue weighted by atomic mass is 35.5. The van der Waals surface area contributed by atoms with E-state index >= 15 is 0 Å². The van der Waals surface area contributed by atoms with E-state index in [9.17, 15) is 4.79 Å². The van der Waals surface area contributed by atoms with E-state index in [2.05, 4.69) is 14.9 Å². The molecule has 0 bridgehead atoms. The van der Waals surface area contributed by atoms with E-state index in [-0.39, 0.29) is 0 Å². The summed E-state index contributed by atoms with van der Waals surface area (Å²) in [4.78, 5) is 11.6. The van der Waals surface area contributed by atoms with Gasteiger partial charge in [0.1, 0.15) is 16.8 Å². The average Bonchev–Trinajstić information content (AvgIpc) is 2.83. The Balaban J connectivity index is 2.01. The fraction of sp³-hybridized carbons (Fsp3) is 0. The Bertz CT molecular complexity index is 737. The Morgan fingerprint density at radius 2 is 1.79 bits per heavy atom. The van der Waals surface area contributed by atoms with Crippen LogP contribution in [0.15, 0.2) is 42.5 Å². The Morgan fingerprint density at radius 1 is 1.05 bits per heavy atom.